The van der Waals surface area contributed by atoms with Crippen molar-refractivity contribution in [2.45, 2.75) is 32.5 Å². The van der Waals surface area contributed by atoms with E-state index in [1.807, 2.05) is 0 Å². The van der Waals surface area contributed by atoms with Crippen LogP contribution in [0.1, 0.15) is 32.4 Å². The van der Waals surface area contributed by atoms with Crippen LogP contribution >= 0.6 is 0 Å². The zero-order valence-electron chi connectivity index (χ0n) is 13.1. The van der Waals surface area contributed by atoms with E-state index in [9.17, 15) is 19.5 Å². The van der Waals surface area contributed by atoms with Crippen LogP contribution in [0.3, 0.4) is 0 Å². The maximum atomic E-state index is 12.4. The van der Waals surface area contributed by atoms with Crippen molar-refractivity contribution in [1.82, 2.24) is 4.98 Å². The predicted molar refractivity (Wildman–Crippen MR) is 77.0 cm³/mol. The van der Waals surface area contributed by atoms with E-state index in [-0.39, 0.29) is 18.8 Å². The van der Waals surface area contributed by atoms with Gasteiger partial charge in [-0.15, -0.1) is 0 Å². The summed E-state index contributed by atoms with van der Waals surface area (Å²) >= 11 is 0. The third kappa shape index (κ3) is 4.04. The lowest BCUT2D eigenvalue weighted by Gasteiger charge is -2.32. The summed E-state index contributed by atoms with van der Waals surface area (Å²) in [5, 5.41) is 10.6. The Morgan fingerprint density at radius 2 is 1.78 bits per heavy atom. The smallest absolute Gasteiger partial charge is 0.365 e. The average molecular weight is 325 g/mol. The first-order chi connectivity index (χ1) is 10.9. The summed E-state index contributed by atoms with van der Waals surface area (Å²) in [6, 6.07) is 2.92. The van der Waals surface area contributed by atoms with Gasteiger partial charge in [0.2, 0.25) is 0 Å². The highest BCUT2D eigenvalue weighted by molar-refractivity contribution is 6.06. The first kappa shape index (κ1) is 18.6. The minimum absolute atomic E-state index is 0.0823. The summed E-state index contributed by atoms with van der Waals surface area (Å²) in [5.41, 5.74) is -2.56. The van der Waals surface area contributed by atoms with Crippen LogP contribution in [0.25, 0.3) is 0 Å². The molecule has 0 aliphatic heterocycles. The summed E-state index contributed by atoms with van der Waals surface area (Å²) in [4.78, 5) is 40.0. The van der Waals surface area contributed by atoms with Crippen molar-refractivity contribution >= 4 is 17.9 Å². The molecule has 0 aliphatic carbocycles. The molecule has 1 aromatic heterocycles. The quantitative estimate of drug-likeness (QED) is 0.439. The monoisotopic (exact) mass is 325 g/mol. The van der Waals surface area contributed by atoms with Gasteiger partial charge in [0.1, 0.15) is 6.10 Å². The third-order valence-electron chi connectivity index (χ3n) is 2.85. The molecule has 1 unspecified atom stereocenters. The second kappa shape index (κ2) is 8.23. The Balaban J connectivity index is 3.43. The molecule has 0 amide bonds. The maximum Gasteiger partial charge on any atom is 0.365 e. The van der Waals surface area contributed by atoms with Gasteiger partial charge in [0.25, 0.3) is 0 Å². The topological polar surface area (TPSA) is 112 Å². The molecule has 0 fully saturated rings. The normalized spacial score (nSPS) is 12.2. The van der Waals surface area contributed by atoms with E-state index >= 15 is 0 Å². The molecule has 8 nitrogen and oxygen atoms in total. The molecule has 0 spiro atoms. The van der Waals surface area contributed by atoms with Crippen LogP contribution in [0.5, 0.6) is 0 Å². The summed E-state index contributed by atoms with van der Waals surface area (Å²) in [7, 11) is 0. The molecule has 1 rings (SSSR count). The minimum Gasteiger partial charge on any atom is -0.462 e. The van der Waals surface area contributed by atoms with Crippen LogP contribution in [-0.4, -0.2) is 46.8 Å². The average Bonchev–Trinajstić information content (AvgIpc) is 2.53. The van der Waals surface area contributed by atoms with Crippen molar-refractivity contribution in [3.63, 3.8) is 0 Å². The molecule has 0 radical (unpaired) electrons. The molecule has 1 atom stereocenters. The molecule has 8 heteroatoms. The number of ether oxygens (including phenoxy) is 3. The van der Waals surface area contributed by atoms with Crippen molar-refractivity contribution in [2.24, 2.45) is 0 Å². The summed E-state index contributed by atoms with van der Waals surface area (Å²) in [6.45, 7) is 3.86. The zero-order valence-corrected chi connectivity index (χ0v) is 13.1. The number of aliphatic hydroxyl groups is 1. The molecule has 1 aromatic rings. The number of carbonyl (C=O) groups excluding carboxylic acids is 3. The van der Waals surface area contributed by atoms with Gasteiger partial charge < -0.3 is 19.3 Å². The number of aromatic nitrogens is 1. The van der Waals surface area contributed by atoms with Crippen LogP contribution in [0.2, 0.25) is 0 Å². The third-order valence-corrected chi connectivity index (χ3v) is 2.85. The molecular weight excluding hydrogens is 306 g/mol. The van der Waals surface area contributed by atoms with Crippen molar-refractivity contribution in [1.29, 1.82) is 0 Å². The van der Waals surface area contributed by atoms with Crippen molar-refractivity contribution in [3.8, 4) is 0 Å². The van der Waals surface area contributed by atoms with Gasteiger partial charge >= 0.3 is 23.5 Å². The zero-order chi connectivity index (χ0) is 17.5. The highest BCUT2D eigenvalue weighted by Crippen LogP contribution is 2.32. The molecule has 23 heavy (non-hydrogen) atoms. The number of hydrogen-bond acceptors (Lipinski definition) is 8. The van der Waals surface area contributed by atoms with Crippen LogP contribution in [-0.2, 0) is 28.6 Å². The number of carbonyl (C=O) groups is 3. The van der Waals surface area contributed by atoms with Gasteiger partial charge in [0, 0.05) is 24.9 Å². The summed E-state index contributed by atoms with van der Waals surface area (Å²) in [6.07, 6.45) is 0.845. The highest BCUT2D eigenvalue weighted by atomic mass is 16.6. The molecule has 0 aliphatic rings. The van der Waals surface area contributed by atoms with Crippen molar-refractivity contribution < 1.29 is 33.7 Å². The van der Waals surface area contributed by atoms with E-state index in [4.69, 9.17) is 14.2 Å². The maximum absolute atomic E-state index is 12.4. The Kier molecular flexibility index (Phi) is 6.65. The number of esters is 3. The Bertz CT molecular complexity index is 540. The molecule has 126 valence electrons. The van der Waals surface area contributed by atoms with Crippen LogP contribution in [0.15, 0.2) is 24.5 Å². The van der Waals surface area contributed by atoms with Crippen LogP contribution in [0, 0.1) is 0 Å². The van der Waals surface area contributed by atoms with E-state index in [1.165, 1.54) is 38.4 Å². The van der Waals surface area contributed by atoms with E-state index in [0.29, 0.717) is 0 Å². The fraction of sp³-hybridized carbons (Fsp3) is 0.467. The molecule has 0 bridgehead atoms. The molecule has 1 heterocycles. The molecule has 0 saturated carbocycles. The minimum atomic E-state index is -2.65. The largest absolute Gasteiger partial charge is 0.462 e. The Labute approximate surface area is 133 Å². The Morgan fingerprint density at radius 1 is 1.22 bits per heavy atom. The first-order valence-electron chi connectivity index (χ1n) is 7.02. The number of rotatable bonds is 7. The second-order valence-electron chi connectivity index (χ2n) is 4.46. The van der Waals surface area contributed by atoms with Gasteiger partial charge in [-0.3, -0.25) is 9.78 Å². The first-order valence-corrected chi connectivity index (χ1v) is 7.02. The van der Waals surface area contributed by atoms with Crippen LogP contribution < -0.4 is 0 Å². The van der Waals surface area contributed by atoms with Crippen LogP contribution in [0.4, 0.5) is 0 Å². The van der Waals surface area contributed by atoms with E-state index in [1.54, 1.807) is 0 Å². The lowest BCUT2D eigenvalue weighted by Crippen LogP contribution is -2.56. The van der Waals surface area contributed by atoms with Gasteiger partial charge in [0.15, 0.2) is 0 Å². The summed E-state index contributed by atoms with van der Waals surface area (Å²) in [5.74, 6) is -3.39. The van der Waals surface area contributed by atoms with E-state index in [2.05, 4.69) is 4.98 Å². The molecular formula is C15H19NO7. The molecule has 1 N–H and O–H groups in total. The van der Waals surface area contributed by atoms with Gasteiger partial charge in [-0.1, -0.05) is 6.07 Å². The van der Waals surface area contributed by atoms with Gasteiger partial charge in [-0.25, -0.2) is 9.59 Å². The van der Waals surface area contributed by atoms with Crippen molar-refractivity contribution in [3.05, 3.63) is 30.1 Å². The Hall–Kier alpha value is -2.48. The highest BCUT2D eigenvalue weighted by Gasteiger charge is 2.59. The molecule has 0 saturated heterocycles. The second-order valence-corrected chi connectivity index (χ2v) is 4.46. The van der Waals surface area contributed by atoms with E-state index in [0.717, 1.165) is 6.92 Å². The lowest BCUT2D eigenvalue weighted by atomic mass is 9.91. The molecule has 0 aromatic carbocycles. The fourth-order valence-electron chi connectivity index (χ4n) is 1.92. The van der Waals surface area contributed by atoms with Gasteiger partial charge in [0.05, 0.1) is 13.2 Å². The number of aliphatic hydroxyl groups excluding tert-OH is 1. The predicted octanol–water partition coefficient (Wildman–Crippen LogP) is 0.543. The van der Waals surface area contributed by atoms with Crippen molar-refractivity contribution in [2.75, 3.05) is 13.2 Å². The standard InChI is InChI=1S/C15H19NO7/c1-4-21-13(19)15(23-10(3)17,14(20)22-5-2)12(18)11-7-6-8-16-9-11/h6-9,12,18H,4-5H2,1-3H3. The number of hydrogen-bond donors (Lipinski definition) is 1. The van der Waals surface area contributed by atoms with Gasteiger partial charge in [-0.05, 0) is 19.9 Å². The van der Waals surface area contributed by atoms with E-state index < -0.39 is 29.6 Å². The number of nitrogens with zero attached hydrogens (tertiary/aromatic N) is 1. The Morgan fingerprint density at radius 3 is 2.17 bits per heavy atom. The number of pyridine rings is 1. The summed E-state index contributed by atoms with van der Waals surface area (Å²) < 4.78 is 14.6. The lowest BCUT2D eigenvalue weighted by molar-refractivity contribution is -0.209. The fourth-order valence-corrected chi connectivity index (χ4v) is 1.92. The van der Waals surface area contributed by atoms with Gasteiger partial charge in [-0.2, -0.15) is 0 Å². The SMILES string of the molecule is CCOC(=O)C(OC(C)=O)(C(=O)OCC)C(O)c1cccnc1.